The van der Waals surface area contributed by atoms with E-state index >= 15 is 0 Å². The minimum Gasteiger partial charge on any atom is -0.386 e. The van der Waals surface area contributed by atoms with Crippen molar-refractivity contribution in [2.24, 2.45) is 0 Å². The Morgan fingerprint density at radius 1 is 0.629 bits per heavy atom. The van der Waals surface area contributed by atoms with Crippen LogP contribution in [0.4, 0.5) is 0 Å². The summed E-state index contributed by atoms with van der Waals surface area (Å²) in [6, 6.07) is 7.07. The molecule has 0 radical (unpaired) electrons. The van der Waals surface area contributed by atoms with Crippen molar-refractivity contribution >= 4 is 35.0 Å². The van der Waals surface area contributed by atoms with E-state index in [0.717, 1.165) is 50.7 Å². The molecule has 2 fully saturated rings. The fraction of sp³-hybridized carbons (Fsp3) is 1.00. The van der Waals surface area contributed by atoms with Crippen molar-refractivity contribution in [2.75, 3.05) is 75.9 Å². The summed E-state index contributed by atoms with van der Waals surface area (Å²) >= 11 is 0. The van der Waals surface area contributed by atoms with Gasteiger partial charge in [-0.05, 0) is 51.9 Å². The maximum atomic E-state index is 5.91. The van der Waals surface area contributed by atoms with Crippen molar-refractivity contribution in [1.82, 2.24) is 9.13 Å². The highest BCUT2D eigenvalue weighted by atomic mass is 28.4. The average molecular weight is 569 g/mol. The molecule has 0 aliphatic carbocycles. The molecule has 9 nitrogen and oxygen atoms in total. The molecule has 0 aromatic carbocycles. The Kier molecular flexibility index (Phi) is 14.3. The first kappa shape index (κ1) is 31.7. The lowest BCUT2D eigenvalue weighted by molar-refractivity contribution is 0.123. The highest BCUT2D eigenvalue weighted by molar-refractivity contribution is 6.65. The van der Waals surface area contributed by atoms with Gasteiger partial charge in [-0.15, -0.1) is 0 Å². The molecule has 0 unspecified atom stereocenters. The SMILES string of the molecule is CO[Si](CCC[SiH](CCCN1CCC[Si]1(OC)OC)CCCN1CCC[Si]1(OC)OC)(OC)OC. The van der Waals surface area contributed by atoms with Crippen LogP contribution in [0.2, 0.25) is 36.3 Å². The molecule has 0 N–H and O–H groups in total. The molecular weight excluding hydrogens is 517 g/mol. The topological polar surface area (TPSA) is 71.1 Å². The number of rotatable bonds is 19. The van der Waals surface area contributed by atoms with Crippen LogP contribution in [0, 0.1) is 0 Å². The van der Waals surface area contributed by atoms with Gasteiger partial charge in [0.1, 0.15) is 0 Å². The van der Waals surface area contributed by atoms with Crippen LogP contribution in [-0.4, -0.2) is 120 Å². The van der Waals surface area contributed by atoms with Gasteiger partial charge in [-0.2, -0.15) is 0 Å². The zero-order valence-electron chi connectivity index (χ0n) is 23.4. The molecule has 0 saturated carbocycles. The molecule has 2 rings (SSSR count). The number of hydrogen-bond acceptors (Lipinski definition) is 9. The van der Waals surface area contributed by atoms with Gasteiger partial charge in [-0.3, -0.25) is 9.13 Å². The van der Waals surface area contributed by atoms with E-state index < -0.39 is 35.0 Å². The fourth-order valence-electron chi connectivity index (χ4n) is 6.04. The van der Waals surface area contributed by atoms with Crippen LogP contribution in [0.1, 0.15) is 32.1 Å². The van der Waals surface area contributed by atoms with Crippen molar-refractivity contribution in [3.63, 3.8) is 0 Å². The molecule has 2 aliphatic rings. The van der Waals surface area contributed by atoms with E-state index in [9.17, 15) is 0 Å². The molecule has 208 valence electrons. The molecule has 2 saturated heterocycles. The first-order valence-electron chi connectivity index (χ1n) is 13.3. The molecule has 35 heavy (non-hydrogen) atoms. The van der Waals surface area contributed by atoms with Crippen molar-refractivity contribution in [3.05, 3.63) is 0 Å². The minimum atomic E-state index is -2.50. The normalized spacial score (nSPS) is 20.9. The summed E-state index contributed by atoms with van der Waals surface area (Å²) < 4.78 is 45.7. The summed E-state index contributed by atoms with van der Waals surface area (Å²) in [6.45, 7) is 4.42. The second-order valence-corrected chi connectivity index (χ2v) is 23.1. The summed E-state index contributed by atoms with van der Waals surface area (Å²) in [5, 5.41) is 0. The van der Waals surface area contributed by atoms with Crippen molar-refractivity contribution in [2.45, 2.75) is 68.4 Å². The van der Waals surface area contributed by atoms with E-state index in [0.29, 0.717) is 0 Å². The third-order valence-corrected chi connectivity index (χ3v) is 22.0. The van der Waals surface area contributed by atoms with Crippen LogP contribution in [0.5, 0.6) is 0 Å². The van der Waals surface area contributed by atoms with Crippen LogP contribution >= 0.6 is 0 Å². The second-order valence-electron chi connectivity index (χ2n) is 9.76. The average Bonchev–Trinajstić information content (AvgIpc) is 3.51. The molecule has 0 aromatic rings. The smallest absolute Gasteiger partial charge is 0.386 e. The Balaban J connectivity index is 1.90. The molecule has 13 heteroatoms. The lowest BCUT2D eigenvalue weighted by Gasteiger charge is -2.33. The third-order valence-electron chi connectivity index (χ3n) is 8.19. The Bertz CT molecular complexity index is 540. The van der Waals surface area contributed by atoms with Gasteiger partial charge in [0, 0.05) is 76.7 Å². The Labute approximate surface area is 219 Å². The van der Waals surface area contributed by atoms with E-state index in [1.807, 2.05) is 28.4 Å². The summed E-state index contributed by atoms with van der Waals surface area (Å²) in [5.41, 5.74) is 0. The molecule has 0 aromatic heterocycles. The van der Waals surface area contributed by atoms with Crippen molar-refractivity contribution in [1.29, 1.82) is 0 Å². The standard InChI is InChI=1S/C22H52N2O7Si4/c1-25-33(26-2)20-10-15-23(33)13-8-17-32(19-12-22-35(29-5,30-6)31-7)18-9-14-24-16-11-21-34(24,27-3)28-4/h32H,8-22H2,1-7H3. The van der Waals surface area contributed by atoms with Crippen LogP contribution in [0.25, 0.3) is 0 Å². The second kappa shape index (κ2) is 15.8. The maximum Gasteiger partial charge on any atom is 0.500 e. The Morgan fingerprint density at radius 2 is 1.03 bits per heavy atom. The van der Waals surface area contributed by atoms with E-state index in [1.54, 1.807) is 21.3 Å². The molecule has 0 spiro atoms. The van der Waals surface area contributed by atoms with Gasteiger partial charge in [0.05, 0.1) is 0 Å². The molecule has 0 bridgehead atoms. The van der Waals surface area contributed by atoms with E-state index in [2.05, 4.69) is 9.13 Å². The molecule has 0 amide bonds. The maximum absolute atomic E-state index is 5.91. The quantitative estimate of drug-likeness (QED) is 0.219. The third kappa shape index (κ3) is 8.24. The highest BCUT2D eigenvalue weighted by Crippen LogP contribution is 2.30. The zero-order valence-corrected chi connectivity index (χ0v) is 27.6. The molecular formula is C22H52N2O7Si4. The first-order valence-corrected chi connectivity index (χ1v) is 21.6. The van der Waals surface area contributed by atoms with Gasteiger partial charge < -0.3 is 31.0 Å². The van der Waals surface area contributed by atoms with E-state index in [4.69, 9.17) is 31.0 Å². The monoisotopic (exact) mass is 568 g/mol. The molecule has 2 heterocycles. The van der Waals surface area contributed by atoms with Crippen LogP contribution < -0.4 is 0 Å². The first-order chi connectivity index (χ1) is 16.9. The lowest BCUT2D eigenvalue weighted by Crippen LogP contribution is -2.53. The highest BCUT2D eigenvalue weighted by Gasteiger charge is 2.48. The van der Waals surface area contributed by atoms with Gasteiger partial charge in [0.2, 0.25) is 0 Å². The van der Waals surface area contributed by atoms with Crippen molar-refractivity contribution < 1.29 is 31.0 Å². The van der Waals surface area contributed by atoms with E-state index in [1.165, 1.54) is 43.8 Å². The fourth-order valence-corrected chi connectivity index (χ4v) is 17.4. The lowest BCUT2D eigenvalue weighted by atomic mass is 10.4. The van der Waals surface area contributed by atoms with Gasteiger partial charge >= 0.3 is 26.2 Å². The van der Waals surface area contributed by atoms with Gasteiger partial charge in [-0.25, -0.2) is 0 Å². The summed E-state index contributed by atoms with van der Waals surface area (Å²) in [4.78, 5) is 0. The number of hydrogen-bond donors (Lipinski definition) is 0. The zero-order chi connectivity index (χ0) is 25.8. The summed E-state index contributed by atoms with van der Waals surface area (Å²) in [6.07, 6.45) is 5.96. The van der Waals surface area contributed by atoms with Gasteiger partial charge in [0.15, 0.2) is 0 Å². The van der Waals surface area contributed by atoms with Crippen LogP contribution in [-0.2, 0) is 31.0 Å². The van der Waals surface area contributed by atoms with Crippen LogP contribution in [0.3, 0.4) is 0 Å². The van der Waals surface area contributed by atoms with Crippen LogP contribution in [0.15, 0.2) is 0 Å². The summed E-state index contributed by atoms with van der Waals surface area (Å²) in [7, 11) is 4.73. The van der Waals surface area contributed by atoms with Gasteiger partial charge in [0.25, 0.3) is 0 Å². The Morgan fingerprint density at radius 3 is 1.40 bits per heavy atom. The largest absolute Gasteiger partial charge is 0.500 e. The predicted molar refractivity (Wildman–Crippen MR) is 149 cm³/mol. The Hall–Kier alpha value is 0.508. The molecule has 2 aliphatic heterocycles. The van der Waals surface area contributed by atoms with Crippen molar-refractivity contribution in [3.8, 4) is 0 Å². The number of nitrogens with zero attached hydrogens (tertiary/aromatic N) is 2. The van der Waals surface area contributed by atoms with E-state index in [-0.39, 0.29) is 0 Å². The minimum absolute atomic E-state index is 0.894. The molecule has 0 atom stereocenters. The van der Waals surface area contributed by atoms with Gasteiger partial charge in [-0.1, -0.05) is 24.6 Å². The summed E-state index contributed by atoms with van der Waals surface area (Å²) in [5.74, 6) is 0. The predicted octanol–water partition coefficient (Wildman–Crippen LogP) is 3.14.